The molecule has 1 saturated heterocycles. The van der Waals surface area contributed by atoms with Crippen molar-refractivity contribution in [3.05, 3.63) is 47.5 Å². The first-order valence-electron chi connectivity index (χ1n) is 10.1. The summed E-state index contributed by atoms with van der Waals surface area (Å²) in [6.07, 6.45) is 4.32. The Morgan fingerprint density at radius 3 is 2.71 bits per heavy atom. The van der Waals surface area contributed by atoms with Gasteiger partial charge in [-0.2, -0.15) is 13.2 Å². The maximum absolute atomic E-state index is 12.9. The smallest absolute Gasteiger partial charge is 0.345 e. The van der Waals surface area contributed by atoms with Gasteiger partial charge < -0.3 is 9.80 Å². The number of carbonyl (C=O) groups is 1. The van der Waals surface area contributed by atoms with E-state index >= 15 is 0 Å². The van der Waals surface area contributed by atoms with E-state index in [9.17, 15) is 18.0 Å². The molecule has 1 atom stereocenters. The van der Waals surface area contributed by atoms with Gasteiger partial charge in [0.25, 0.3) is 0 Å². The Balaban J connectivity index is 1.48. The van der Waals surface area contributed by atoms with Gasteiger partial charge in [-0.25, -0.2) is 0 Å². The molecule has 1 fully saturated rings. The molecule has 1 aliphatic heterocycles. The summed E-state index contributed by atoms with van der Waals surface area (Å²) in [7, 11) is 1.89. The molecule has 154 valence electrons. The standard InChI is InChI=1S/C22H29F3N2O/c1-26(21(28)19-8-2-3-9-19)15-18-7-5-12-27(16-18)13-11-17-6-4-10-20(14-17)22(23,24)25/h2-4,6,10,14,18-19H,5,7-9,11-13,15-16H2,1H3/t18-/m1/s1. The van der Waals surface area contributed by atoms with Crippen molar-refractivity contribution in [1.29, 1.82) is 0 Å². The third-order valence-corrected chi connectivity index (χ3v) is 5.84. The second-order valence-electron chi connectivity index (χ2n) is 8.12. The second kappa shape index (κ2) is 9.12. The van der Waals surface area contributed by atoms with Gasteiger partial charge in [-0.3, -0.25) is 4.79 Å². The first kappa shape index (κ1) is 20.9. The van der Waals surface area contributed by atoms with Gasteiger partial charge in [0.2, 0.25) is 5.91 Å². The average Bonchev–Trinajstić information content (AvgIpc) is 3.20. The number of halogens is 3. The third-order valence-electron chi connectivity index (χ3n) is 5.84. The molecule has 0 N–H and O–H groups in total. The fraction of sp³-hybridized carbons (Fsp3) is 0.591. The quantitative estimate of drug-likeness (QED) is 0.669. The van der Waals surface area contributed by atoms with Gasteiger partial charge in [0, 0.05) is 32.6 Å². The Morgan fingerprint density at radius 1 is 1.25 bits per heavy atom. The van der Waals surface area contributed by atoms with Gasteiger partial charge >= 0.3 is 6.18 Å². The minimum absolute atomic E-state index is 0.102. The molecular weight excluding hydrogens is 365 g/mol. The molecular formula is C22H29F3N2O. The number of hydrogen-bond acceptors (Lipinski definition) is 2. The second-order valence-corrected chi connectivity index (χ2v) is 8.12. The van der Waals surface area contributed by atoms with Crippen LogP contribution in [0.25, 0.3) is 0 Å². The van der Waals surface area contributed by atoms with E-state index in [1.54, 1.807) is 6.07 Å². The molecule has 0 radical (unpaired) electrons. The Morgan fingerprint density at radius 2 is 2.00 bits per heavy atom. The topological polar surface area (TPSA) is 23.6 Å². The van der Waals surface area contributed by atoms with E-state index in [2.05, 4.69) is 17.1 Å². The fourth-order valence-corrected chi connectivity index (χ4v) is 4.30. The Kier molecular flexibility index (Phi) is 6.81. The minimum atomic E-state index is -4.29. The lowest BCUT2D eigenvalue weighted by Crippen LogP contribution is -2.43. The van der Waals surface area contributed by atoms with Gasteiger partial charge in [0.15, 0.2) is 0 Å². The zero-order valence-corrected chi connectivity index (χ0v) is 16.4. The number of benzene rings is 1. The maximum Gasteiger partial charge on any atom is 0.416 e. The van der Waals surface area contributed by atoms with Crippen LogP contribution >= 0.6 is 0 Å². The average molecular weight is 394 g/mol. The summed E-state index contributed by atoms with van der Waals surface area (Å²) in [6, 6.07) is 5.62. The van der Waals surface area contributed by atoms with Gasteiger partial charge in [0.05, 0.1) is 5.56 Å². The van der Waals surface area contributed by atoms with Gasteiger partial charge in [-0.15, -0.1) is 0 Å². The third kappa shape index (κ3) is 5.60. The van der Waals surface area contributed by atoms with E-state index in [1.807, 2.05) is 11.9 Å². The fourth-order valence-electron chi connectivity index (χ4n) is 4.30. The van der Waals surface area contributed by atoms with Crippen molar-refractivity contribution in [2.75, 3.05) is 33.2 Å². The molecule has 0 aromatic heterocycles. The molecule has 0 saturated carbocycles. The zero-order chi connectivity index (χ0) is 20.1. The molecule has 6 heteroatoms. The summed E-state index contributed by atoms with van der Waals surface area (Å²) < 4.78 is 38.6. The molecule has 1 aromatic carbocycles. The van der Waals surface area contributed by atoms with E-state index in [-0.39, 0.29) is 11.8 Å². The Hall–Kier alpha value is -1.82. The highest BCUT2D eigenvalue weighted by atomic mass is 19.4. The highest BCUT2D eigenvalue weighted by Crippen LogP contribution is 2.30. The lowest BCUT2D eigenvalue weighted by atomic mass is 9.96. The molecule has 28 heavy (non-hydrogen) atoms. The van der Waals surface area contributed by atoms with Crippen molar-refractivity contribution in [1.82, 2.24) is 9.80 Å². The van der Waals surface area contributed by atoms with Crippen molar-refractivity contribution in [3.8, 4) is 0 Å². The van der Waals surface area contributed by atoms with Crippen LogP contribution in [0, 0.1) is 11.8 Å². The minimum Gasteiger partial charge on any atom is -0.345 e. The molecule has 1 aromatic rings. The van der Waals surface area contributed by atoms with E-state index in [0.29, 0.717) is 12.3 Å². The summed E-state index contributed by atoms with van der Waals surface area (Å²) in [6.45, 7) is 3.39. The molecule has 0 unspecified atom stereocenters. The number of rotatable bonds is 6. The van der Waals surface area contributed by atoms with Crippen LogP contribution < -0.4 is 0 Å². The van der Waals surface area contributed by atoms with Crippen LogP contribution in [0.2, 0.25) is 0 Å². The first-order chi connectivity index (χ1) is 13.3. The number of allylic oxidation sites excluding steroid dienone is 2. The van der Waals surface area contributed by atoms with Gasteiger partial charge in [-0.1, -0.05) is 30.4 Å². The molecule has 1 aliphatic carbocycles. The molecule has 0 spiro atoms. The van der Waals surface area contributed by atoms with Crippen molar-refractivity contribution in [2.45, 2.75) is 38.3 Å². The molecule has 1 amide bonds. The highest BCUT2D eigenvalue weighted by molar-refractivity contribution is 5.79. The maximum atomic E-state index is 12.9. The number of likely N-dealkylation sites (tertiary alicyclic amines) is 1. The van der Waals surface area contributed by atoms with Crippen molar-refractivity contribution in [2.24, 2.45) is 11.8 Å². The lowest BCUT2D eigenvalue weighted by Gasteiger charge is -2.35. The molecule has 3 rings (SSSR count). The van der Waals surface area contributed by atoms with Gasteiger partial charge in [0.1, 0.15) is 0 Å². The van der Waals surface area contributed by atoms with Crippen LogP contribution in [0.5, 0.6) is 0 Å². The normalized spacial score (nSPS) is 21.2. The summed E-state index contributed by atoms with van der Waals surface area (Å²) in [5, 5.41) is 0. The Bertz CT molecular complexity index is 693. The lowest BCUT2D eigenvalue weighted by molar-refractivity contribution is -0.137. The van der Waals surface area contributed by atoms with E-state index in [0.717, 1.165) is 63.5 Å². The van der Waals surface area contributed by atoms with Gasteiger partial charge in [-0.05, 0) is 56.2 Å². The number of hydrogen-bond donors (Lipinski definition) is 0. The van der Waals surface area contributed by atoms with Crippen molar-refractivity contribution in [3.63, 3.8) is 0 Å². The number of nitrogens with zero attached hydrogens (tertiary/aromatic N) is 2. The van der Waals surface area contributed by atoms with Crippen LogP contribution in [-0.2, 0) is 17.4 Å². The Labute approximate surface area is 165 Å². The summed E-state index contributed by atoms with van der Waals surface area (Å²) in [4.78, 5) is 16.7. The number of alkyl halides is 3. The van der Waals surface area contributed by atoms with Crippen LogP contribution in [0.3, 0.4) is 0 Å². The number of carbonyl (C=O) groups excluding carboxylic acids is 1. The van der Waals surface area contributed by atoms with Crippen LogP contribution in [0.4, 0.5) is 13.2 Å². The first-order valence-corrected chi connectivity index (χ1v) is 10.1. The molecule has 3 nitrogen and oxygen atoms in total. The number of amides is 1. The van der Waals surface area contributed by atoms with E-state index < -0.39 is 11.7 Å². The highest BCUT2D eigenvalue weighted by Gasteiger charge is 2.30. The van der Waals surface area contributed by atoms with Crippen molar-refractivity contribution < 1.29 is 18.0 Å². The zero-order valence-electron chi connectivity index (χ0n) is 16.4. The largest absolute Gasteiger partial charge is 0.416 e. The number of piperidine rings is 1. The van der Waals surface area contributed by atoms with E-state index in [4.69, 9.17) is 0 Å². The molecule has 2 aliphatic rings. The SMILES string of the molecule is CN(C[C@H]1CCCN(CCc2cccc(C(F)(F)F)c2)C1)C(=O)C1CC=CC1. The van der Waals surface area contributed by atoms with Crippen LogP contribution in [0.15, 0.2) is 36.4 Å². The molecule has 0 bridgehead atoms. The van der Waals surface area contributed by atoms with Crippen LogP contribution in [-0.4, -0.2) is 48.9 Å². The summed E-state index contributed by atoms with van der Waals surface area (Å²) in [5.41, 5.74) is 0.140. The summed E-state index contributed by atoms with van der Waals surface area (Å²) >= 11 is 0. The van der Waals surface area contributed by atoms with Crippen molar-refractivity contribution >= 4 is 5.91 Å². The monoisotopic (exact) mass is 394 g/mol. The molecule has 1 heterocycles. The van der Waals surface area contributed by atoms with Crippen LogP contribution in [0.1, 0.15) is 36.8 Å². The predicted molar refractivity (Wildman–Crippen MR) is 104 cm³/mol. The summed E-state index contributed by atoms with van der Waals surface area (Å²) in [5.74, 6) is 0.760. The van der Waals surface area contributed by atoms with E-state index in [1.165, 1.54) is 12.1 Å². The predicted octanol–water partition coefficient (Wildman–Crippen LogP) is 4.38.